The third-order valence-electron chi connectivity index (χ3n) is 1.92. The molecule has 0 saturated carbocycles. The number of benzene rings is 1. The fraction of sp³-hybridized carbons (Fsp3) is 0.333. The molecule has 0 saturated heterocycles. The van der Waals surface area contributed by atoms with Gasteiger partial charge in [-0.25, -0.2) is 0 Å². The molecule has 14 heavy (non-hydrogen) atoms. The first-order chi connectivity index (χ1) is 6.88. The van der Waals surface area contributed by atoms with Crippen LogP contribution in [0.15, 0.2) is 29.3 Å². The fourth-order valence-corrected chi connectivity index (χ4v) is 1.43. The summed E-state index contributed by atoms with van der Waals surface area (Å²) in [6.07, 6.45) is 4.25. The highest BCUT2D eigenvalue weighted by Gasteiger charge is 1.97. The van der Waals surface area contributed by atoms with Crippen molar-refractivity contribution >= 4 is 22.0 Å². The largest absolute Gasteiger partial charge is 0.493 e. The fourth-order valence-electron chi connectivity index (χ4n) is 1.14. The number of hydrogen-bond acceptors (Lipinski definition) is 1. The molecule has 0 heterocycles. The highest BCUT2D eigenvalue weighted by atomic mass is 79.9. The molecule has 1 rings (SSSR count). The van der Waals surface area contributed by atoms with Gasteiger partial charge in [0.2, 0.25) is 0 Å². The van der Waals surface area contributed by atoms with Gasteiger partial charge in [0, 0.05) is 5.56 Å². The zero-order chi connectivity index (χ0) is 10.2. The molecule has 0 unspecified atom stereocenters. The van der Waals surface area contributed by atoms with Crippen molar-refractivity contribution in [2.24, 2.45) is 0 Å². The molecule has 0 N–H and O–H groups in total. The van der Waals surface area contributed by atoms with Crippen LogP contribution in [0, 0.1) is 0 Å². The summed E-state index contributed by atoms with van der Waals surface area (Å²) < 4.78 is 5.66. The van der Waals surface area contributed by atoms with Gasteiger partial charge in [-0.2, -0.15) is 0 Å². The van der Waals surface area contributed by atoms with E-state index < -0.39 is 0 Å². The molecule has 0 atom stereocenters. The molecular formula is C12H15BrO. The smallest absolute Gasteiger partial charge is 0.126 e. The third-order valence-corrected chi connectivity index (χ3v) is 2.18. The van der Waals surface area contributed by atoms with E-state index in [4.69, 9.17) is 4.74 Å². The van der Waals surface area contributed by atoms with Crippen LogP contribution in [0.4, 0.5) is 0 Å². The van der Waals surface area contributed by atoms with E-state index in [1.807, 2.05) is 35.3 Å². The summed E-state index contributed by atoms with van der Waals surface area (Å²) in [5.41, 5.74) is 1.11. The number of halogens is 1. The first kappa shape index (κ1) is 11.3. The van der Waals surface area contributed by atoms with Crippen molar-refractivity contribution in [3.63, 3.8) is 0 Å². The van der Waals surface area contributed by atoms with E-state index in [0.29, 0.717) is 0 Å². The Kier molecular flexibility index (Phi) is 5.38. The second-order valence-electron chi connectivity index (χ2n) is 3.03. The zero-order valence-corrected chi connectivity index (χ0v) is 9.96. The molecule has 0 aliphatic carbocycles. The number of para-hydroxylation sites is 1. The molecule has 0 aromatic heterocycles. The molecule has 0 fully saturated rings. The van der Waals surface area contributed by atoms with Gasteiger partial charge in [0.05, 0.1) is 6.61 Å². The zero-order valence-electron chi connectivity index (χ0n) is 8.37. The van der Waals surface area contributed by atoms with Crippen LogP contribution >= 0.6 is 15.9 Å². The Balaban J connectivity index is 2.64. The molecule has 0 amide bonds. The molecule has 2 heteroatoms. The average molecular weight is 255 g/mol. The summed E-state index contributed by atoms with van der Waals surface area (Å²) in [7, 11) is 0. The van der Waals surface area contributed by atoms with Gasteiger partial charge in [-0.05, 0) is 23.5 Å². The highest BCUT2D eigenvalue weighted by Crippen LogP contribution is 2.20. The molecular weight excluding hydrogens is 240 g/mol. The van der Waals surface area contributed by atoms with Gasteiger partial charge < -0.3 is 4.74 Å². The van der Waals surface area contributed by atoms with Crippen molar-refractivity contribution in [2.45, 2.75) is 19.8 Å². The van der Waals surface area contributed by atoms with Crippen molar-refractivity contribution in [1.82, 2.24) is 0 Å². The predicted octanol–water partition coefficient (Wildman–Crippen LogP) is 4.23. The van der Waals surface area contributed by atoms with Gasteiger partial charge in [-0.3, -0.25) is 0 Å². The van der Waals surface area contributed by atoms with E-state index in [0.717, 1.165) is 30.8 Å². The van der Waals surface area contributed by atoms with E-state index >= 15 is 0 Å². The highest BCUT2D eigenvalue weighted by molar-refractivity contribution is 9.11. The Morgan fingerprint density at radius 2 is 2.14 bits per heavy atom. The van der Waals surface area contributed by atoms with Gasteiger partial charge in [-0.1, -0.05) is 47.5 Å². The van der Waals surface area contributed by atoms with Gasteiger partial charge in [0.1, 0.15) is 5.75 Å². The van der Waals surface area contributed by atoms with Crippen LogP contribution in [-0.4, -0.2) is 6.61 Å². The quantitative estimate of drug-likeness (QED) is 0.715. The Labute approximate surface area is 93.9 Å². The lowest BCUT2D eigenvalue weighted by molar-refractivity contribution is 0.309. The number of hydrogen-bond donors (Lipinski definition) is 0. The number of ether oxygens (including phenoxy) is 1. The maximum atomic E-state index is 5.66. The van der Waals surface area contributed by atoms with Gasteiger partial charge in [0.15, 0.2) is 0 Å². The molecule has 1 aromatic carbocycles. The lowest BCUT2D eigenvalue weighted by atomic mass is 10.2. The van der Waals surface area contributed by atoms with Crippen LogP contribution < -0.4 is 4.74 Å². The summed E-state index contributed by atoms with van der Waals surface area (Å²) in [6, 6.07) is 8.04. The first-order valence-electron chi connectivity index (χ1n) is 4.87. The van der Waals surface area contributed by atoms with E-state index in [2.05, 4.69) is 22.9 Å². The van der Waals surface area contributed by atoms with Gasteiger partial charge in [0.25, 0.3) is 0 Å². The number of unbranched alkanes of at least 4 members (excludes halogenated alkanes) is 1. The molecule has 0 spiro atoms. The van der Waals surface area contributed by atoms with Crippen LogP contribution in [0.1, 0.15) is 25.3 Å². The molecule has 0 bridgehead atoms. The second-order valence-corrected chi connectivity index (χ2v) is 3.56. The summed E-state index contributed by atoms with van der Waals surface area (Å²) in [5.74, 6) is 0.955. The summed E-state index contributed by atoms with van der Waals surface area (Å²) >= 11 is 3.27. The summed E-state index contributed by atoms with van der Waals surface area (Å²) in [6.45, 7) is 2.96. The first-order valence-corrected chi connectivity index (χ1v) is 5.78. The topological polar surface area (TPSA) is 9.23 Å². The van der Waals surface area contributed by atoms with E-state index in [1.165, 1.54) is 0 Å². The standard InChI is InChI=1S/C12H15BrO/c1-2-3-10-14-12-7-5-4-6-11(12)8-9-13/h4-9H,2-3,10H2,1H3/b9-8+. The molecule has 1 aromatic rings. The van der Waals surface area contributed by atoms with Crippen LogP contribution in [0.3, 0.4) is 0 Å². The maximum absolute atomic E-state index is 5.66. The Morgan fingerprint density at radius 1 is 1.36 bits per heavy atom. The summed E-state index contributed by atoms with van der Waals surface area (Å²) in [4.78, 5) is 1.84. The Hall–Kier alpha value is -0.760. The minimum atomic E-state index is 0.795. The normalized spacial score (nSPS) is 10.7. The third kappa shape index (κ3) is 3.54. The Bertz CT molecular complexity index is 294. The van der Waals surface area contributed by atoms with Crippen LogP contribution in [0.25, 0.3) is 6.08 Å². The van der Waals surface area contributed by atoms with E-state index in [-0.39, 0.29) is 0 Å². The van der Waals surface area contributed by atoms with Gasteiger partial charge in [-0.15, -0.1) is 0 Å². The predicted molar refractivity (Wildman–Crippen MR) is 64.8 cm³/mol. The van der Waals surface area contributed by atoms with Crippen molar-refractivity contribution in [3.8, 4) is 5.75 Å². The van der Waals surface area contributed by atoms with Crippen molar-refractivity contribution in [3.05, 3.63) is 34.8 Å². The minimum Gasteiger partial charge on any atom is -0.493 e. The van der Waals surface area contributed by atoms with Crippen molar-refractivity contribution in [1.29, 1.82) is 0 Å². The Morgan fingerprint density at radius 3 is 2.86 bits per heavy atom. The SMILES string of the molecule is CCCCOc1ccccc1/C=C/Br. The minimum absolute atomic E-state index is 0.795. The average Bonchev–Trinajstić information content (AvgIpc) is 2.21. The monoisotopic (exact) mass is 254 g/mol. The molecule has 0 aliphatic heterocycles. The molecule has 76 valence electrons. The lowest BCUT2D eigenvalue weighted by Gasteiger charge is -2.07. The maximum Gasteiger partial charge on any atom is 0.126 e. The number of rotatable bonds is 5. The molecule has 1 nitrogen and oxygen atoms in total. The van der Waals surface area contributed by atoms with Crippen molar-refractivity contribution < 1.29 is 4.74 Å². The van der Waals surface area contributed by atoms with Crippen molar-refractivity contribution in [2.75, 3.05) is 6.61 Å². The van der Waals surface area contributed by atoms with Crippen LogP contribution in [0.5, 0.6) is 5.75 Å². The second kappa shape index (κ2) is 6.66. The van der Waals surface area contributed by atoms with Gasteiger partial charge >= 0.3 is 0 Å². The molecule has 0 aliphatic rings. The lowest BCUT2D eigenvalue weighted by Crippen LogP contribution is -1.97. The van der Waals surface area contributed by atoms with E-state index in [1.54, 1.807) is 0 Å². The summed E-state index contributed by atoms with van der Waals surface area (Å²) in [5, 5.41) is 0. The van der Waals surface area contributed by atoms with Crippen LogP contribution in [-0.2, 0) is 0 Å². The van der Waals surface area contributed by atoms with E-state index in [9.17, 15) is 0 Å². The molecule has 0 radical (unpaired) electrons. The van der Waals surface area contributed by atoms with Crippen LogP contribution in [0.2, 0.25) is 0 Å².